The Morgan fingerprint density at radius 2 is 0.554 bits per heavy atom. The normalized spacial score (nSPS) is 13.9. The second-order valence-corrected chi connectivity index (χ2v) is 25.6. The molecular weight excluding hydrogens is 783 g/mol. The molecule has 0 aromatic heterocycles. The third-order valence-corrected chi connectivity index (χ3v) is 25.7. The molecule has 0 spiro atoms. The Labute approximate surface area is 332 Å². The van der Waals surface area contributed by atoms with Crippen LogP contribution in [0.3, 0.4) is 0 Å². The topological polar surface area (TPSA) is 105 Å². The van der Waals surface area contributed by atoms with Gasteiger partial charge in [-0.15, -0.1) is 0 Å². The van der Waals surface area contributed by atoms with E-state index in [0.29, 0.717) is 44.7 Å². The van der Waals surface area contributed by atoms with Crippen molar-refractivity contribution in [3.63, 3.8) is 0 Å². The van der Waals surface area contributed by atoms with Gasteiger partial charge in [-0.1, -0.05) is 0 Å². The minimum absolute atomic E-state index is 0.273. The summed E-state index contributed by atoms with van der Waals surface area (Å²) in [7, 11) is -10.6. The van der Waals surface area contributed by atoms with Crippen molar-refractivity contribution in [3.05, 3.63) is 182 Å². The van der Waals surface area contributed by atoms with Gasteiger partial charge in [-0.05, 0) is 0 Å². The Bertz CT molecular complexity index is 2020. The number of hydrogen-bond donors (Lipinski definition) is 0. The summed E-state index contributed by atoms with van der Waals surface area (Å²) in [5.41, 5.74) is 0. The molecule has 0 bridgehead atoms. The fourth-order valence-corrected chi connectivity index (χ4v) is 24.5. The summed E-state index contributed by atoms with van der Waals surface area (Å²) in [4.78, 5) is 0. The van der Waals surface area contributed by atoms with Crippen LogP contribution in [-0.2, 0) is 37.4 Å². The van der Waals surface area contributed by atoms with Gasteiger partial charge in [0.25, 0.3) is 0 Å². The molecule has 294 valence electrons. The zero-order valence-corrected chi connectivity index (χ0v) is 35.0. The van der Waals surface area contributed by atoms with E-state index in [-0.39, 0.29) is 12.3 Å². The van der Waals surface area contributed by atoms with E-state index < -0.39 is 34.5 Å². The van der Waals surface area contributed by atoms with Crippen molar-refractivity contribution < 1.29 is 33.4 Å². The van der Waals surface area contributed by atoms with Crippen molar-refractivity contribution in [1.82, 2.24) is 0 Å². The maximum atomic E-state index is 14.6. The van der Waals surface area contributed by atoms with Crippen molar-refractivity contribution in [2.45, 2.75) is 39.5 Å². The van der Waals surface area contributed by atoms with Crippen LogP contribution in [0.2, 0.25) is 0 Å². The van der Waals surface area contributed by atoms with E-state index in [1.807, 2.05) is 196 Å². The van der Waals surface area contributed by atoms with Crippen molar-refractivity contribution in [2.24, 2.45) is 0 Å². The summed E-state index contributed by atoms with van der Waals surface area (Å²) in [5, 5.41) is 3.74. The van der Waals surface area contributed by atoms with Crippen molar-refractivity contribution in [3.8, 4) is 0 Å². The first-order valence-electron chi connectivity index (χ1n) is 18.7. The summed E-state index contributed by atoms with van der Waals surface area (Å²) < 4.78 is 81.7. The van der Waals surface area contributed by atoms with Crippen LogP contribution < -0.4 is 31.8 Å². The fourth-order valence-electron chi connectivity index (χ4n) is 7.88. The molecule has 8 nitrogen and oxygen atoms in total. The molecule has 0 radical (unpaired) electrons. The molecule has 6 aromatic carbocycles. The zero-order valence-electron chi connectivity index (χ0n) is 31.5. The van der Waals surface area contributed by atoms with Crippen LogP contribution in [-0.4, -0.2) is 29.2 Å². The minimum atomic E-state index is -5.30. The van der Waals surface area contributed by atoms with Crippen LogP contribution in [0.1, 0.15) is 39.5 Å². The van der Waals surface area contributed by atoms with Crippen molar-refractivity contribution in [2.75, 3.05) is 12.3 Å². The molecule has 6 aromatic rings. The molecule has 12 heteroatoms. The summed E-state index contributed by atoms with van der Waals surface area (Å²) in [6, 6.07) is 55.2. The SMILES string of the molecule is CCCCP(OS(=O)(=O)OOS(=O)(=O)OP(CCCC)(c1ccccc1)(c1ccccc1)c1ccccc1)(c1ccccc1)(c1ccccc1)c1ccccc1. The van der Waals surface area contributed by atoms with Crippen LogP contribution in [0.25, 0.3) is 0 Å². The van der Waals surface area contributed by atoms with E-state index in [2.05, 4.69) is 0 Å². The molecule has 0 aliphatic rings. The van der Waals surface area contributed by atoms with Gasteiger partial charge < -0.3 is 0 Å². The molecule has 0 fully saturated rings. The van der Waals surface area contributed by atoms with Crippen molar-refractivity contribution >= 4 is 66.3 Å². The van der Waals surface area contributed by atoms with Gasteiger partial charge in [-0.3, -0.25) is 0 Å². The quantitative estimate of drug-likeness (QED) is 0.0461. The third kappa shape index (κ3) is 7.66. The molecule has 0 aliphatic heterocycles. The first-order chi connectivity index (χ1) is 27.0. The van der Waals surface area contributed by atoms with Gasteiger partial charge in [0.05, 0.1) is 0 Å². The number of hydrogen-bond acceptors (Lipinski definition) is 8. The van der Waals surface area contributed by atoms with Gasteiger partial charge in [0.15, 0.2) is 0 Å². The number of rotatable bonds is 19. The molecule has 0 saturated carbocycles. The van der Waals surface area contributed by atoms with Crippen LogP contribution >= 0.6 is 13.7 Å². The van der Waals surface area contributed by atoms with E-state index in [1.54, 1.807) is 0 Å². The molecule has 0 N–H and O–H groups in total. The standard InChI is InChI=1S/C44H48O8P2S2/c1-3-5-37-53(39-25-13-7-14-26-39,40-27-15-8-16-28-40,41-29-17-9-18-30-41)51-55(45,46)49-50-56(47,48)52-54(38-6-4-2,42-31-19-10-20-32-42,43-33-21-11-22-34-43)44-35-23-12-24-36-44/h7-36H,3-6,37-38H2,1-2H3. The van der Waals surface area contributed by atoms with Crippen LogP contribution in [0.15, 0.2) is 182 Å². The summed E-state index contributed by atoms with van der Waals surface area (Å²) in [6.07, 6.45) is 3.13. The summed E-state index contributed by atoms with van der Waals surface area (Å²) >= 11 is 0. The summed E-state index contributed by atoms with van der Waals surface area (Å²) in [6.45, 7) is -5.01. The van der Waals surface area contributed by atoms with E-state index in [9.17, 15) is 16.8 Å². The average molecular weight is 831 g/mol. The Balaban J connectivity index is 1.52. The van der Waals surface area contributed by atoms with E-state index in [4.69, 9.17) is 16.6 Å². The molecule has 0 saturated heterocycles. The molecule has 0 atom stereocenters. The van der Waals surface area contributed by atoms with E-state index in [1.165, 1.54) is 0 Å². The Hall–Kier alpha value is -4.08. The maximum absolute atomic E-state index is 14.6. The second-order valence-electron chi connectivity index (χ2n) is 13.7. The molecule has 0 unspecified atom stereocenters. The molecule has 0 amide bonds. The van der Waals surface area contributed by atoms with Gasteiger partial charge in [0, 0.05) is 0 Å². The Morgan fingerprint density at radius 3 is 0.732 bits per heavy atom. The number of benzene rings is 6. The monoisotopic (exact) mass is 830 g/mol. The van der Waals surface area contributed by atoms with Gasteiger partial charge in [-0.25, -0.2) is 0 Å². The van der Waals surface area contributed by atoms with Gasteiger partial charge in [0.2, 0.25) is 0 Å². The van der Waals surface area contributed by atoms with Crippen LogP contribution in [0.4, 0.5) is 0 Å². The predicted octanol–water partition coefficient (Wildman–Crippen LogP) is 7.95. The molecule has 56 heavy (non-hydrogen) atoms. The molecular formula is C44H48O8P2S2. The Kier molecular flexibility index (Phi) is 12.8. The predicted molar refractivity (Wildman–Crippen MR) is 232 cm³/mol. The number of unbranched alkanes of at least 4 members (excludes halogenated alkanes) is 2. The second kappa shape index (κ2) is 17.2. The van der Waals surface area contributed by atoms with Crippen molar-refractivity contribution in [1.29, 1.82) is 0 Å². The summed E-state index contributed by atoms with van der Waals surface area (Å²) in [5.74, 6) is 0. The van der Waals surface area contributed by atoms with E-state index >= 15 is 0 Å². The van der Waals surface area contributed by atoms with Gasteiger partial charge >= 0.3 is 334 Å². The van der Waals surface area contributed by atoms with Crippen LogP contribution in [0.5, 0.6) is 0 Å². The third-order valence-electron chi connectivity index (χ3n) is 10.4. The fraction of sp³-hybridized carbons (Fsp3) is 0.182. The zero-order chi connectivity index (χ0) is 39.6. The van der Waals surface area contributed by atoms with Gasteiger partial charge in [0.1, 0.15) is 0 Å². The van der Waals surface area contributed by atoms with Crippen LogP contribution in [0, 0.1) is 0 Å². The molecule has 0 heterocycles. The first-order valence-corrected chi connectivity index (χ1v) is 26.1. The average Bonchev–Trinajstić information content (AvgIpc) is 3.25. The molecule has 0 aliphatic carbocycles. The van der Waals surface area contributed by atoms with E-state index in [0.717, 1.165) is 12.8 Å². The Morgan fingerprint density at radius 1 is 0.357 bits per heavy atom. The first kappa shape index (κ1) is 41.6. The molecule has 6 rings (SSSR count). The van der Waals surface area contributed by atoms with Gasteiger partial charge in [-0.2, -0.15) is 0 Å².